The van der Waals surface area contributed by atoms with E-state index in [-0.39, 0.29) is 6.04 Å². The topological polar surface area (TPSA) is 42.2 Å². The van der Waals surface area contributed by atoms with Gasteiger partial charge in [0.15, 0.2) is 0 Å². The first kappa shape index (κ1) is 14.3. The van der Waals surface area contributed by atoms with E-state index in [0.717, 1.165) is 25.4 Å². The van der Waals surface area contributed by atoms with Gasteiger partial charge in [0.25, 0.3) is 0 Å². The summed E-state index contributed by atoms with van der Waals surface area (Å²) in [7, 11) is 0. The highest BCUT2D eigenvalue weighted by molar-refractivity contribution is 5.49. The van der Waals surface area contributed by atoms with Gasteiger partial charge in [-0.1, -0.05) is 19.9 Å². The summed E-state index contributed by atoms with van der Waals surface area (Å²) in [5.41, 5.74) is 8.58. The summed E-state index contributed by atoms with van der Waals surface area (Å²) in [5.74, 6) is 1.18. The fourth-order valence-electron chi connectivity index (χ4n) is 2.57. The van der Waals surface area contributed by atoms with E-state index in [1.165, 1.54) is 36.2 Å². The second kappa shape index (κ2) is 6.38. The lowest BCUT2D eigenvalue weighted by atomic mass is 10.0. The molecule has 0 spiro atoms. The zero-order chi connectivity index (χ0) is 13.8. The van der Waals surface area contributed by atoms with Crippen molar-refractivity contribution >= 4 is 5.82 Å². The number of hydrogen-bond acceptors (Lipinski definition) is 3. The Morgan fingerprint density at radius 1 is 1.42 bits per heavy atom. The van der Waals surface area contributed by atoms with Gasteiger partial charge in [0.2, 0.25) is 0 Å². The summed E-state index contributed by atoms with van der Waals surface area (Å²) in [5, 5.41) is 0. The van der Waals surface area contributed by atoms with Gasteiger partial charge in [0.1, 0.15) is 5.82 Å². The fraction of sp³-hybridized carbons (Fsp3) is 0.688. The Morgan fingerprint density at radius 2 is 2.16 bits per heavy atom. The molecule has 1 aliphatic rings. The van der Waals surface area contributed by atoms with Crippen molar-refractivity contribution < 1.29 is 0 Å². The van der Waals surface area contributed by atoms with Crippen LogP contribution in [0.4, 0.5) is 5.82 Å². The molecule has 1 aromatic rings. The minimum absolute atomic E-state index is 0.252. The number of nitrogens with zero attached hydrogens (tertiary/aromatic N) is 2. The summed E-state index contributed by atoms with van der Waals surface area (Å²) in [6, 6.07) is 3.25. The molecule has 1 fully saturated rings. The number of hydrogen-bond donors (Lipinski definition) is 1. The Morgan fingerprint density at radius 3 is 2.68 bits per heavy atom. The van der Waals surface area contributed by atoms with Crippen molar-refractivity contribution in [3.8, 4) is 0 Å². The highest BCUT2D eigenvalue weighted by Gasteiger charge is 2.30. The van der Waals surface area contributed by atoms with Crippen LogP contribution in [0.1, 0.15) is 50.7 Å². The normalized spacial score (nSPS) is 16.4. The van der Waals surface area contributed by atoms with E-state index in [0.29, 0.717) is 0 Å². The Hall–Kier alpha value is -1.09. The highest BCUT2D eigenvalue weighted by Crippen LogP contribution is 2.32. The number of anilines is 1. The predicted molar refractivity (Wildman–Crippen MR) is 81.6 cm³/mol. The van der Waals surface area contributed by atoms with Gasteiger partial charge in [-0.25, -0.2) is 4.98 Å². The van der Waals surface area contributed by atoms with Gasteiger partial charge in [-0.15, -0.1) is 0 Å². The van der Waals surface area contributed by atoms with E-state index in [1.807, 2.05) is 6.20 Å². The van der Waals surface area contributed by atoms with Crippen molar-refractivity contribution in [1.82, 2.24) is 4.98 Å². The second-order valence-electron chi connectivity index (χ2n) is 5.78. The molecule has 0 aliphatic heterocycles. The Bertz CT molecular complexity index is 412. The van der Waals surface area contributed by atoms with Crippen molar-refractivity contribution in [2.45, 2.75) is 65.0 Å². The molecule has 1 unspecified atom stereocenters. The van der Waals surface area contributed by atoms with E-state index in [2.05, 4.69) is 31.7 Å². The van der Waals surface area contributed by atoms with E-state index in [4.69, 9.17) is 10.7 Å². The van der Waals surface area contributed by atoms with Crippen LogP contribution in [0.15, 0.2) is 12.3 Å². The molecule has 0 radical (unpaired) electrons. The number of aromatic nitrogens is 1. The molecule has 2 rings (SSSR count). The Labute approximate surface area is 117 Å². The number of rotatable bonds is 7. The smallest absolute Gasteiger partial charge is 0.131 e. The molecule has 0 aromatic carbocycles. The van der Waals surface area contributed by atoms with Crippen molar-refractivity contribution in [3.05, 3.63) is 23.4 Å². The van der Waals surface area contributed by atoms with Crippen LogP contribution in [-0.4, -0.2) is 23.6 Å². The average molecular weight is 261 g/mol. The lowest BCUT2D eigenvalue weighted by Crippen LogP contribution is -2.28. The number of pyridine rings is 1. The van der Waals surface area contributed by atoms with Crippen LogP contribution in [-0.2, 0) is 6.42 Å². The van der Waals surface area contributed by atoms with E-state index in [9.17, 15) is 0 Å². The van der Waals surface area contributed by atoms with Gasteiger partial charge in [0.05, 0.1) is 0 Å². The predicted octanol–water partition coefficient (Wildman–Crippen LogP) is 3.05. The third-order valence-electron chi connectivity index (χ3n) is 3.85. The maximum atomic E-state index is 6.02. The Kier molecular flexibility index (Phi) is 4.81. The van der Waals surface area contributed by atoms with Crippen LogP contribution in [0.2, 0.25) is 0 Å². The molecule has 1 aliphatic carbocycles. The van der Waals surface area contributed by atoms with Crippen LogP contribution >= 0.6 is 0 Å². The average Bonchev–Trinajstić information content (AvgIpc) is 3.21. The van der Waals surface area contributed by atoms with Crippen molar-refractivity contribution in [2.75, 3.05) is 11.4 Å². The standard InChI is InChI=1S/C16H27N3/c1-4-8-19(15-6-7-15)16-12(3)9-13(11-18-16)10-14(17)5-2/h9,11,14-15H,4-8,10,17H2,1-3H3. The maximum absolute atomic E-state index is 6.02. The molecule has 19 heavy (non-hydrogen) atoms. The molecule has 1 aromatic heterocycles. The van der Waals surface area contributed by atoms with Gasteiger partial charge in [-0.05, 0) is 50.2 Å². The van der Waals surface area contributed by atoms with Gasteiger partial charge in [0, 0.05) is 24.8 Å². The molecule has 0 bridgehead atoms. The monoisotopic (exact) mass is 261 g/mol. The summed E-state index contributed by atoms with van der Waals surface area (Å²) in [4.78, 5) is 7.20. The van der Waals surface area contributed by atoms with Gasteiger partial charge < -0.3 is 10.6 Å². The second-order valence-corrected chi connectivity index (χ2v) is 5.78. The molecule has 2 N–H and O–H groups in total. The van der Waals surface area contributed by atoms with Gasteiger partial charge in [-0.3, -0.25) is 0 Å². The van der Waals surface area contributed by atoms with E-state index < -0.39 is 0 Å². The third-order valence-corrected chi connectivity index (χ3v) is 3.85. The maximum Gasteiger partial charge on any atom is 0.131 e. The first-order chi connectivity index (χ1) is 9.15. The summed E-state index contributed by atoms with van der Waals surface area (Å²) in [6.07, 6.45) is 7.79. The number of aryl methyl sites for hydroxylation is 1. The SMILES string of the molecule is CCCN(c1ncc(CC(N)CC)cc1C)C1CC1. The molecule has 1 saturated carbocycles. The van der Waals surface area contributed by atoms with Gasteiger partial charge in [-0.2, -0.15) is 0 Å². The summed E-state index contributed by atoms with van der Waals surface area (Å²) < 4.78 is 0. The molecule has 106 valence electrons. The van der Waals surface area contributed by atoms with E-state index >= 15 is 0 Å². The van der Waals surface area contributed by atoms with Crippen LogP contribution in [0, 0.1) is 6.92 Å². The van der Waals surface area contributed by atoms with Crippen molar-refractivity contribution in [1.29, 1.82) is 0 Å². The zero-order valence-corrected chi connectivity index (χ0v) is 12.5. The molecule has 3 nitrogen and oxygen atoms in total. The lowest BCUT2D eigenvalue weighted by Gasteiger charge is -2.25. The van der Waals surface area contributed by atoms with Gasteiger partial charge >= 0.3 is 0 Å². The van der Waals surface area contributed by atoms with Crippen molar-refractivity contribution in [3.63, 3.8) is 0 Å². The van der Waals surface area contributed by atoms with Crippen LogP contribution in [0.25, 0.3) is 0 Å². The summed E-state index contributed by atoms with van der Waals surface area (Å²) >= 11 is 0. The number of nitrogens with two attached hydrogens (primary N) is 1. The molecule has 0 saturated heterocycles. The van der Waals surface area contributed by atoms with E-state index in [1.54, 1.807) is 0 Å². The minimum Gasteiger partial charge on any atom is -0.353 e. The molecule has 0 amide bonds. The highest BCUT2D eigenvalue weighted by atomic mass is 15.2. The zero-order valence-electron chi connectivity index (χ0n) is 12.5. The quantitative estimate of drug-likeness (QED) is 0.820. The minimum atomic E-state index is 0.252. The van der Waals surface area contributed by atoms with Crippen LogP contribution < -0.4 is 10.6 Å². The first-order valence-electron chi connectivity index (χ1n) is 7.63. The lowest BCUT2D eigenvalue weighted by molar-refractivity contribution is 0.644. The molecular weight excluding hydrogens is 234 g/mol. The Balaban J connectivity index is 2.13. The van der Waals surface area contributed by atoms with Crippen LogP contribution in [0.3, 0.4) is 0 Å². The summed E-state index contributed by atoms with van der Waals surface area (Å²) in [6.45, 7) is 7.66. The van der Waals surface area contributed by atoms with Crippen molar-refractivity contribution in [2.24, 2.45) is 5.73 Å². The largest absolute Gasteiger partial charge is 0.353 e. The molecular formula is C16H27N3. The fourth-order valence-corrected chi connectivity index (χ4v) is 2.57. The molecule has 1 heterocycles. The van der Waals surface area contributed by atoms with Crippen LogP contribution in [0.5, 0.6) is 0 Å². The third kappa shape index (κ3) is 3.69. The molecule has 3 heteroatoms. The molecule has 1 atom stereocenters. The first-order valence-corrected chi connectivity index (χ1v) is 7.63.